The van der Waals surface area contributed by atoms with Crippen LogP contribution in [0.25, 0.3) is 0 Å². The normalized spacial score (nSPS) is 26.2. The number of amides is 1. The van der Waals surface area contributed by atoms with E-state index >= 15 is 0 Å². The van der Waals surface area contributed by atoms with Crippen molar-refractivity contribution in [2.24, 2.45) is 11.7 Å². The summed E-state index contributed by atoms with van der Waals surface area (Å²) < 4.78 is 0. The van der Waals surface area contributed by atoms with Crippen LogP contribution in [-0.4, -0.2) is 40.0 Å². The van der Waals surface area contributed by atoms with E-state index in [1.807, 2.05) is 13.8 Å². The van der Waals surface area contributed by atoms with Crippen molar-refractivity contribution in [1.29, 1.82) is 0 Å². The van der Waals surface area contributed by atoms with Crippen LogP contribution in [0.2, 0.25) is 0 Å². The maximum Gasteiger partial charge on any atom is 0.329 e. The number of likely N-dealkylation sites (tertiary alicyclic amines) is 1. The molecule has 1 rings (SSSR count). The smallest absolute Gasteiger partial charge is 0.329 e. The molecule has 0 aromatic rings. The summed E-state index contributed by atoms with van der Waals surface area (Å²) in [7, 11) is 0. The average Bonchev–Trinajstić information content (AvgIpc) is 2.71. The van der Waals surface area contributed by atoms with Crippen LogP contribution in [0.1, 0.15) is 52.9 Å². The highest BCUT2D eigenvalue weighted by atomic mass is 16.4. The maximum absolute atomic E-state index is 12.4. The molecule has 0 spiro atoms. The van der Waals surface area contributed by atoms with Gasteiger partial charge in [-0.05, 0) is 39.5 Å². The van der Waals surface area contributed by atoms with Crippen molar-refractivity contribution in [1.82, 2.24) is 4.90 Å². The maximum atomic E-state index is 12.4. The molecule has 1 aliphatic heterocycles. The van der Waals surface area contributed by atoms with E-state index in [0.717, 1.165) is 25.7 Å². The minimum absolute atomic E-state index is 0.0351. The largest absolute Gasteiger partial charge is 0.480 e. The van der Waals surface area contributed by atoms with E-state index < -0.39 is 11.5 Å². The van der Waals surface area contributed by atoms with Gasteiger partial charge in [-0.25, -0.2) is 4.79 Å². The minimum Gasteiger partial charge on any atom is -0.480 e. The first kappa shape index (κ1) is 16.0. The molecule has 5 heteroatoms. The lowest BCUT2D eigenvalue weighted by Crippen LogP contribution is -2.52. The first-order valence-corrected chi connectivity index (χ1v) is 7.09. The average molecular weight is 270 g/mol. The van der Waals surface area contributed by atoms with E-state index in [2.05, 4.69) is 0 Å². The van der Waals surface area contributed by atoms with Gasteiger partial charge in [0, 0.05) is 18.5 Å². The molecule has 1 amide bonds. The molecule has 1 fully saturated rings. The molecule has 3 N–H and O–H groups in total. The lowest BCUT2D eigenvalue weighted by atomic mass is 9.95. The Morgan fingerprint density at radius 3 is 2.53 bits per heavy atom. The third kappa shape index (κ3) is 3.69. The summed E-state index contributed by atoms with van der Waals surface area (Å²) in [4.78, 5) is 25.3. The Morgan fingerprint density at radius 1 is 1.37 bits per heavy atom. The van der Waals surface area contributed by atoms with E-state index in [1.54, 1.807) is 11.8 Å². The van der Waals surface area contributed by atoms with E-state index in [4.69, 9.17) is 5.73 Å². The fourth-order valence-electron chi connectivity index (χ4n) is 2.67. The van der Waals surface area contributed by atoms with Crippen LogP contribution in [-0.2, 0) is 9.59 Å². The highest BCUT2D eigenvalue weighted by Crippen LogP contribution is 2.31. The molecule has 0 radical (unpaired) electrons. The standard InChI is InChI=1S/C14H26N2O3/c1-10(6-4-7-11(2)15)12(17)16-9-5-8-14(16,3)13(18)19/h10-11H,4-9,15H2,1-3H3,(H,18,19). The minimum atomic E-state index is -1.02. The molecule has 1 aliphatic rings. The predicted molar refractivity (Wildman–Crippen MR) is 73.7 cm³/mol. The second-order valence-electron chi connectivity index (χ2n) is 5.98. The van der Waals surface area contributed by atoms with Gasteiger partial charge in [0.2, 0.25) is 5.91 Å². The Bertz CT molecular complexity index is 344. The number of carbonyl (C=O) groups excluding carboxylic acids is 1. The fraction of sp³-hybridized carbons (Fsp3) is 0.857. The van der Waals surface area contributed by atoms with E-state index in [9.17, 15) is 14.7 Å². The van der Waals surface area contributed by atoms with Crippen molar-refractivity contribution in [3.8, 4) is 0 Å². The zero-order valence-corrected chi connectivity index (χ0v) is 12.2. The first-order chi connectivity index (χ1) is 8.79. The molecular weight excluding hydrogens is 244 g/mol. The number of nitrogens with two attached hydrogens (primary N) is 1. The topological polar surface area (TPSA) is 83.6 Å². The van der Waals surface area contributed by atoms with Crippen LogP contribution >= 0.6 is 0 Å². The number of hydrogen-bond donors (Lipinski definition) is 2. The zero-order valence-electron chi connectivity index (χ0n) is 12.2. The van der Waals surface area contributed by atoms with Crippen molar-refractivity contribution in [2.45, 2.75) is 64.5 Å². The van der Waals surface area contributed by atoms with Crippen molar-refractivity contribution in [3.05, 3.63) is 0 Å². The summed E-state index contributed by atoms with van der Waals surface area (Å²) in [6.07, 6.45) is 3.88. The van der Waals surface area contributed by atoms with Gasteiger partial charge in [0.05, 0.1) is 0 Å². The summed E-state index contributed by atoms with van der Waals surface area (Å²) in [5.41, 5.74) is 4.67. The fourth-order valence-corrected chi connectivity index (χ4v) is 2.67. The first-order valence-electron chi connectivity index (χ1n) is 7.09. The molecule has 3 unspecified atom stereocenters. The van der Waals surface area contributed by atoms with Crippen molar-refractivity contribution in [2.75, 3.05) is 6.54 Å². The molecule has 5 nitrogen and oxygen atoms in total. The van der Waals surface area contributed by atoms with Gasteiger partial charge in [-0.3, -0.25) is 4.79 Å². The highest BCUT2D eigenvalue weighted by Gasteiger charge is 2.46. The molecular formula is C14H26N2O3. The molecule has 0 saturated carbocycles. The number of nitrogens with zero attached hydrogens (tertiary/aromatic N) is 1. The summed E-state index contributed by atoms with van der Waals surface area (Å²) in [6.45, 7) is 6.03. The Morgan fingerprint density at radius 2 is 2.00 bits per heavy atom. The van der Waals surface area contributed by atoms with Gasteiger partial charge in [0.1, 0.15) is 5.54 Å². The van der Waals surface area contributed by atoms with Gasteiger partial charge in [-0.2, -0.15) is 0 Å². The van der Waals surface area contributed by atoms with Crippen molar-refractivity contribution >= 4 is 11.9 Å². The number of carbonyl (C=O) groups is 2. The van der Waals surface area contributed by atoms with Gasteiger partial charge >= 0.3 is 5.97 Å². The van der Waals surface area contributed by atoms with Crippen molar-refractivity contribution in [3.63, 3.8) is 0 Å². The number of hydrogen-bond acceptors (Lipinski definition) is 3. The molecule has 19 heavy (non-hydrogen) atoms. The van der Waals surface area contributed by atoms with Gasteiger partial charge < -0.3 is 15.7 Å². The highest BCUT2D eigenvalue weighted by molar-refractivity contribution is 5.88. The van der Waals surface area contributed by atoms with Crippen LogP contribution in [0, 0.1) is 5.92 Å². The second kappa shape index (κ2) is 6.37. The van der Waals surface area contributed by atoms with Crippen molar-refractivity contribution < 1.29 is 14.7 Å². The monoisotopic (exact) mass is 270 g/mol. The third-order valence-electron chi connectivity index (χ3n) is 4.09. The van der Waals surface area contributed by atoms with Crippen LogP contribution in [0.15, 0.2) is 0 Å². The zero-order chi connectivity index (χ0) is 14.6. The SMILES string of the molecule is CC(N)CCCC(C)C(=O)N1CCCC1(C)C(=O)O. The summed E-state index contributed by atoms with van der Waals surface area (Å²) in [5, 5.41) is 9.31. The van der Waals surface area contributed by atoms with Crippen LogP contribution in [0.5, 0.6) is 0 Å². The lowest BCUT2D eigenvalue weighted by Gasteiger charge is -2.33. The second-order valence-corrected chi connectivity index (χ2v) is 5.98. The molecule has 110 valence electrons. The lowest BCUT2D eigenvalue weighted by molar-refractivity contribution is -0.156. The Kier molecular flexibility index (Phi) is 5.35. The Hall–Kier alpha value is -1.10. The molecule has 0 aromatic carbocycles. The molecule has 1 saturated heterocycles. The quantitative estimate of drug-likeness (QED) is 0.768. The van der Waals surface area contributed by atoms with E-state index in [1.165, 1.54) is 0 Å². The molecule has 0 bridgehead atoms. The molecule has 3 atom stereocenters. The van der Waals surface area contributed by atoms with Gasteiger partial charge in [0.25, 0.3) is 0 Å². The Balaban J connectivity index is 2.59. The number of rotatable bonds is 6. The number of carboxylic acids is 1. The third-order valence-corrected chi connectivity index (χ3v) is 4.09. The molecule has 0 aromatic heterocycles. The predicted octanol–water partition coefficient (Wildman–Crippen LogP) is 1.61. The van der Waals surface area contributed by atoms with Gasteiger partial charge in [-0.1, -0.05) is 13.3 Å². The van der Waals surface area contributed by atoms with E-state index in [0.29, 0.717) is 13.0 Å². The summed E-state index contributed by atoms with van der Waals surface area (Å²) >= 11 is 0. The molecule has 1 heterocycles. The summed E-state index contributed by atoms with van der Waals surface area (Å²) in [5.74, 6) is -1.07. The van der Waals surface area contributed by atoms with Crippen LogP contribution in [0.3, 0.4) is 0 Å². The molecule has 0 aliphatic carbocycles. The van der Waals surface area contributed by atoms with Crippen LogP contribution in [0.4, 0.5) is 0 Å². The summed E-state index contributed by atoms with van der Waals surface area (Å²) in [6, 6.07) is 0.151. The number of carboxylic acid groups (broad SMARTS) is 1. The number of aliphatic carboxylic acids is 1. The van der Waals surface area contributed by atoms with E-state index in [-0.39, 0.29) is 17.9 Å². The van der Waals surface area contributed by atoms with Crippen LogP contribution < -0.4 is 5.73 Å². The van der Waals surface area contributed by atoms with Gasteiger partial charge in [0.15, 0.2) is 0 Å². The van der Waals surface area contributed by atoms with Gasteiger partial charge in [-0.15, -0.1) is 0 Å². The Labute approximate surface area is 115 Å².